The SMILES string of the molecule is NC(=S)c1cc(N2CCS(=O)(=O)CC2)ccn1. The van der Waals surface area contributed by atoms with Gasteiger partial charge in [0, 0.05) is 25.0 Å². The second-order valence-corrected chi connectivity index (χ2v) is 6.65. The largest absolute Gasteiger partial charge is 0.388 e. The molecule has 1 aliphatic rings. The van der Waals surface area contributed by atoms with E-state index in [9.17, 15) is 8.42 Å². The molecule has 0 aromatic carbocycles. The van der Waals surface area contributed by atoms with Gasteiger partial charge in [-0.3, -0.25) is 4.98 Å². The van der Waals surface area contributed by atoms with Gasteiger partial charge >= 0.3 is 0 Å². The van der Waals surface area contributed by atoms with E-state index in [1.807, 2.05) is 11.0 Å². The molecule has 1 saturated heterocycles. The summed E-state index contributed by atoms with van der Waals surface area (Å²) in [4.78, 5) is 6.30. The van der Waals surface area contributed by atoms with E-state index in [1.165, 1.54) is 0 Å². The van der Waals surface area contributed by atoms with Crippen LogP contribution >= 0.6 is 12.2 Å². The Morgan fingerprint density at radius 2 is 2.06 bits per heavy atom. The van der Waals surface area contributed by atoms with Crippen LogP contribution in [0, 0.1) is 0 Å². The molecule has 2 heterocycles. The summed E-state index contributed by atoms with van der Waals surface area (Å²) in [6.07, 6.45) is 1.63. The van der Waals surface area contributed by atoms with Crippen LogP contribution in [0.4, 0.5) is 5.69 Å². The van der Waals surface area contributed by atoms with Crippen molar-refractivity contribution in [3.8, 4) is 0 Å². The summed E-state index contributed by atoms with van der Waals surface area (Å²) in [6.45, 7) is 1.01. The maximum Gasteiger partial charge on any atom is 0.153 e. The number of nitrogens with two attached hydrogens (primary N) is 1. The van der Waals surface area contributed by atoms with Gasteiger partial charge in [0.05, 0.1) is 17.2 Å². The zero-order chi connectivity index (χ0) is 12.5. The number of hydrogen-bond donors (Lipinski definition) is 1. The maximum atomic E-state index is 11.3. The average Bonchev–Trinajstić information content (AvgIpc) is 2.29. The molecule has 2 N–H and O–H groups in total. The summed E-state index contributed by atoms with van der Waals surface area (Å²) in [5.74, 6) is 0.384. The predicted octanol–water partition coefficient (Wildman–Crippen LogP) is -0.0494. The summed E-state index contributed by atoms with van der Waals surface area (Å²) in [6, 6.07) is 3.62. The normalized spacial score (nSPS) is 18.9. The third kappa shape index (κ3) is 2.92. The molecule has 7 heteroatoms. The lowest BCUT2D eigenvalue weighted by Gasteiger charge is -2.28. The first-order chi connectivity index (χ1) is 7.98. The van der Waals surface area contributed by atoms with E-state index in [4.69, 9.17) is 18.0 Å². The lowest BCUT2D eigenvalue weighted by atomic mass is 10.3. The Labute approximate surface area is 106 Å². The second kappa shape index (κ2) is 4.58. The quantitative estimate of drug-likeness (QED) is 0.760. The van der Waals surface area contributed by atoms with E-state index in [2.05, 4.69) is 4.98 Å². The van der Waals surface area contributed by atoms with Crippen molar-refractivity contribution in [2.24, 2.45) is 5.73 Å². The number of nitrogens with zero attached hydrogens (tertiary/aromatic N) is 2. The molecule has 1 aromatic rings. The molecule has 17 heavy (non-hydrogen) atoms. The highest BCUT2D eigenvalue weighted by Gasteiger charge is 2.21. The van der Waals surface area contributed by atoms with E-state index in [-0.39, 0.29) is 16.5 Å². The van der Waals surface area contributed by atoms with Gasteiger partial charge in [-0.25, -0.2) is 8.42 Å². The molecule has 0 radical (unpaired) electrons. The van der Waals surface area contributed by atoms with Crippen LogP contribution in [0.2, 0.25) is 0 Å². The highest BCUT2D eigenvalue weighted by Crippen LogP contribution is 2.17. The van der Waals surface area contributed by atoms with Crippen LogP contribution in [0.1, 0.15) is 5.69 Å². The van der Waals surface area contributed by atoms with Gasteiger partial charge in [-0.1, -0.05) is 12.2 Å². The Balaban J connectivity index is 2.18. The van der Waals surface area contributed by atoms with Crippen molar-refractivity contribution in [2.45, 2.75) is 0 Å². The number of sulfone groups is 1. The molecule has 0 amide bonds. The molecule has 2 rings (SSSR count). The van der Waals surface area contributed by atoms with Gasteiger partial charge in [0.1, 0.15) is 4.99 Å². The third-order valence-electron chi connectivity index (χ3n) is 2.71. The molecular weight excluding hydrogens is 258 g/mol. The van der Waals surface area contributed by atoms with Gasteiger partial charge in [-0.05, 0) is 12.1 Å². The fraction of sp³-hybridized carbons (Fsp3) is 0.400. The van der Waals surface area contributed by atoms with Gasteiger partial charge in [-0.2, -0.15) is 0 Å². The van der Waals surface area contributed by atoms with Crippen molar-refractivity contribution in [2.75, 3.05) is 29.5 Å². The van der Waals surface area contributed by atoms with Crippen LogP contribution in [-0.4, -0.2) is 43.0 Å². The standard InChI is InChI=1S/C10H13N3O2S2/c11-10(16)9-7-8(1-2-12-9)13-3-5-17(14,15)6-4-13/h1-2,7H,3-6H2,(H2,11,16). The summed E-state index contributed by atoms with van der Waals surface area (Å²) in [7, 11) is -2.86. The zero-order valence-electron chi connectivity index (χ0n) is 9.17. The second-order valence-electron chi connectivity index (χ2n) is 3.90. The molecule has 5 nitrogen and oxygen atoms in total. The molecule has 1 aromatic heterocycles. The predicted molar refractivity (Wildman–Crippen MR) is 71.0 cm³/mol. The minimum Gasteiger partial charge on any atom is -0.388 e. The summed E-state index contributed by atoms with van der Waals surface area (Å²) >= 11 is 4.86. The number of thiocarbonyl (C=S) groups is 1. The van der Waals surface area contributed by atoms with E-state index < -0.39 is 9.84 Å². The fourth-order valence-corrected chi connectivity index (χ4v) is 3.03. The third-order valence-corrected chi connectivity index (χ3v) is 4.52. The van der Waals surface area contributed by atoms with Crippen LogP contribution in [0.3, 0.4) is 0 Å². The molecule has 92 valence electrons. The number of pyridine rings is 1. The van der Waals surface area contributed by atoms with Crippen molar-refractivity contribution in [1.29, 1.82) is 0 Å². The van der Waals surface area contributed by atoms with Crippen molar-refractivity contribution >= 4 is 32.7 Å². The molecular formula is C10H13N3O2S2. The minimum absolute atomic E-state index is 0.192. The molecule has 0 saturated carbocycles. The Kier molecular flexibility index (Phi) is 3.30. The molecule has 1 fully saturated rings. The van der Waals surface area contributed by atoms with Gasteiger partial charge in [0.15, 0.2) is 9.84 Å². The monoisotopic (exact) mass is 271 g/mol. The first-order valence-corrected chi connectivity index (χ1v) is 7.42. The molecule has 0 unspecified atom stereocenters. The van der Waals surface area contributed by atoms with E-state index in [1.54, 1.807) is 12.3 Å². The van der Waals surface area contributed by atoms with Crippen molar-refractivity contribution < 1.29 is 8.42 Å². The van der Waals surface area contributed by atoms with Gasteiger partial charge in [0.25, 0.3) is 0 Å². The lowest BCUT2D eigenvalue weighted by Crippen LogP contribution is -2.40. The van der Waals surface area contributed by atoms with Crippen molar-refractivity contribution in [3.63, 3.8) is 0 Å². The van der Waals surface area contributed by atoms with Crippen LogP contribution in [-0.2, 0) is 9.84 Å². The number of aromatic nitrogens is 1. The molecule has 0 aliphatic carbocycles. The number of hydrogen-bond acceptors (Lipinski definition) is 5. The number of anilines is 1. The molecule has 0 atom stereocenters. The van der Waals surface area contributed by atoms with Gasteiger partial charge in [-0.15, -0.1) is 0 Å². The smallest absolute Gasteiger partial charge is 0.153 e. The maximum absolute atomic E-state index is 11.3. The van der Waals surface area contributed by atoms with Crippen molar-refractivity contribution in [1.82, 2.24) is 4.98 Å². The molecule has 0 spiro atoms. The zero-order valence-corrected chi connectivity index (χ0v) is 10.8. The van der Waals surface area contributed by atoms with E-state index in [0.29, 0.717) is 18.8 Å². The van der Waals surface area contributed by atoms with Crippen LogP contribution in [0.15, 0.2) is 18.3 Å². The Morgan fingerprint density at radius 1 is 1.41 bits per heavy atom. The van der Waals surface area contributed by atoms with Crippen molar-refractivity contribution in [3.05, 3.63) is 24.0 Å². The van der Waals surface area contributed by atoms with Crippen LogP contribution in [0.25, 0.3) is 0 Å². The topological polar surface area (TPSA) is 76.3 Å². The van der Waals surface area contributed by atoms with E-state index in [0.717, 1.165) is 5.69 Å². The summed E-state index contributed by atoms with van der Waals surface area (Å²) in [5.41, 5.74) is 6.99. The Morgan fingerprint density at radius 3 is 2.65 bits per heavy atom. The van der Waals surface area contributed by atoms with Gasteiger partial charge in [0.2, 0.25) is 0 Å². The van der Waals surface area contributed by atoms with Crippen LogP contribution < -0.4 is 10.6 Å². The fourth-order valence-electron chi connectivity index (χ4n) is 1.72. The number of rotatable bonds is 2. The highest BCUT2D eigenvalue weighted by molar-refractivity contribution is 7.91. The average molecular weight is 271 g/mol. The Hall–Kier alpha value is -1.21. The molecule has 0 bridgehead atoms. The summed E-state index contributed by atoms with van der Waals surface area (Å²) < 4.78 is 22.6. The molecule has 1 aliphatic heterocycles. The van der Waals surface area contributed by atoms with E-state index >= 15 is 0 Å². The Bertz CT molecular complexity index is 528. The van der Waals surface area contributed by atoms with Gasteiger partial charge < -0.3 is 10.6 Å². The first kappa shape index (κ1) is 12.3. The summed E-state index contributed by atoms with van der Waals surface area (Å²) in [5, 5.41) is 0. The first-order valence-electron chi connectivity index (χ1n) is 5.19. The minimum atomic E-state index is -2.86. The lowest BCUT2D eigenvalue weighted by molar-refractivity contribution is 0.587. The highest BCUT2D eigenvalue weighted by atomic mass is 32.2. The van der Waals surface area contributed by atoms with Crippen LogP contribution in [0.5, 0.6) is 0 Å².